The number of nitrogens with zero attached hydrogens (tertiary/aromatic N) is 1. The van der Waals surface area contributed by atoms with Gasteiger partial charge in [-0.25, -0.2) is 0 Å². The van der Waals surface area contributed by atoms with E-state index in [0.717, 1.165) is 25.7 Å². The molecule has 0 spiro atoms. The lowest BCUT2D eigenvalue weighted by Crippen LogP contribution is -2.44. The van der Waals surface area contributed by atoms with Crippen LogP contribution in [0.1, 0.15) is 37.2 Å². The average Bonchev–Trinajstić information content (AvgIpc) is 2.71. The van der Waals surface area contributed by atoms with Crippen molar-refractivity contribution < 1.29 is 19.7 Å². The van der Waals surface area contributed by atoms with Gasteiger partial charge in [-0.15, -0.1) is 0 Å². The summed E-state index contributed by atoms with van der Waals surface area (Å²) in [6.45, 7) is 0. The molecule has 2 fully saturated rings. The van der Waals surface area contributed by atoms with Gasteiger partial charge in [0.2, 0.25) is 0 Å². The number of ether oxygens (including phenoxy) is 1. The Morgan fingerprint density at radius 1 is 1.18 bits per heavy atom. The van der Waals surface area contributed by atoms with E-state index in [-0.39, 0.29) is 6.10 Å². The molecule has 2 aliphatic rings. The third-order valence-electron chi connectivity index (χ3n) is 5.05. The van der Waals surface area contributed by atoms with Crippen molar-refractivity contribution in [3.05, 3.63) is 35.9 Å². The van der Waals surface area contributed by atoms with Crippen molar-refractivity contribution in [3.8, 4) is 0 Å². The van der Waals surface area contributed by atoms with Crippen LogP contribution >= 0.6 is 0 Å². The number of carbonyl (C=O) groups excluding carboxylic acids is 1. The summed E-state index contributed by atoms with van der Waals surface area (Å²) in [5.74, 6) is -1.59. The lowest BCUT2D eigenvalue weighted by Gasteiger charge is -2.36. The van der Waals surface area contributed by atoms with Crippen LogP contribution < -0.4 is 0 Å². The van der Waals surface area contributed by atoms with Gasteiger partial charge in [0, 0.05) is 12.1 Å². The molecule has 3 atom stereocenters. The van der Waals surface area contributed by atoms with Crippen LogP contribution in [0.5, 0.6) is 0 Å². The smallest absolute Gasteiger partial charge is 0.318 e. The number of aliphatic hydroxyl groups excluding tert-OH is 1. The molecule has 1 aromatic carbocycles. The van der Waals surface area contributed by atoms with Gasteiger partial charge in [-0.2, -0.15) is 0 Å². The molecule has 2 bridgehead atoms. The van der Waals surface area contributed by atoms with Crippen molar-refractivity contribution in [1.82, 2.24) is 4.90 Å². The third-order valence-corrected chi connectivity index (χ3v) is 5.05. The van der Waals surface area contributed by atoms with Crippen molar-refractivity contribution in [2.24, 2.45) is 0 Å². The van der Waals surface area contributed by atoms with Crippen molar-refractivity contribution >= 4 is 5.97 Å². The molecule has 5 heteroatoms. The van der Waals surface area contributed by atoms with E-state index in [1.807, 2.05) is 6.07 Å². The SMILES string of the molecule is CN1C2CCC1CC(OC(=O)C(c1ccccc1)C(O)O)C2. The van der Waals surface area contributed by atoms with E-state index in [9.17, 15) is 15.0 Å². The molecule has 2 aliphatic heterocycles. The Morgan fingerprint density at radius 2 is 1.77 bits per heavy atom. The summed E-state index contributed by atoms with van der Waals surface area (Å²) in [6, 6.07) is 9.75. The second kappa shape index (κ2) is 6.36. The molecule has 5 nitrogen and oxygen atoms in total. The molecular formula is C17H23NO4. The fraction of sp³-hybridized carbons (Fsp3) is 0.588. The van der Waals surface area contributed by atoms with E-state index in [1.165, 1.54) is 0 Å². The van der Waals surface area contributed by atoms with Gasteiger partial charge in [0.1, 0.15) is 12.0 Å². The zero-order chi connectivity index (χ0) is 15.7. The van der Waals surface area contributed by atoms with Gasteiger partial charge in [-0.05, 0) is 38.3 Å². The molecule has 3 rings (SSSR count). The second-order valence-corrected chi connectivity index (χ2v) is 6.38. The van der Waals surface area contributed by atoms with Gasteiger partial charge in [0.25, 0.3) is 0 Å². The van der Waals surface area contributed by atoms with E-state index < -0.39 is 18.2 Å². The van der Waals surface area contributed by atoms with Crippen LogP contribution in [0.3, 0.4) is 0 Å². The second-order valence-electron chi connectivity index (χ2n) is 6.38. The molecule has 120 valence electrons. The number of piperidine rings is 1. The van der Waals surface area contributed by atoms with E-state index in [0.29, 0.717) is 17.6 Å². The summed E-state index contributed by atoms with van der Waals surface area (Å²) < 4.78 is 5.61. The summed E-state index contributed by atoms with van der Waals surface area (Å²) in [7, 11) is 2.13. The minimum atomic E-state index is -1.75. The predicted octanol–water partition coefficient (Wildman–Crippen LogP) is 1.25. The molecule has 2 heterocycles. The normalized spacial score (nSPS) is 29.5. The van der Waals surface area contributed by atoms with Crippen LogP contribution in [0.25, 0.3) is 0 Å². The van der Waals surface area contributed by atoms with Gasteiger partial charge in [-0.1, -0.05) is 30.3 Å². The van der Waals surface area contributed by atoms with Crippen molar-refractivity contribution in [1.29, 1.82) is 0 Å². The van der Waals surface area contributed by atoms with Gasteiger partial charge in [0.15, 0.2) is 6.29 Å². The van der Waals surface area contributed by atoms with Crippen LogP contribution in [0.4, 0.5) is 0 Å². The Kier molecular flexibility index (Phi) is 4.47. The molecule has 2 saturated heterocycles. The van der Waals surface area contributed by atoms with Crippen LogP contribution in [0.2, 0.25) is 0 Å². The Labute approximate surface area is 130 Å². The number of rotatable bonds is 4. The zero-order valence-corrected chi connectivity index (χ0v) is 12.8. The largest absolute Gasteiger partial charge is 0.462 e. The molecule has 0 aliphatic carbocycles. The van der Waals surface area contributed by atoms with Gasteiger partial charge in [-0.3, -0.25) is 4.79 Å². The number of aliphatic hydroxyl groups is 2. The number of fused-ring (bicyclic) bond motifs is 2. The maximum absolute atomic E-state index is 12.4. The summed E-state index contributed by atoms with van der Waals surface area (Å²) >= 11 is 0. The molecule has 0 aromatic heterocycles. The first kappa shape index (κ1) is 15.5. The summed E-state index contributed by atoms with van der Waals surface area (Å²) in [5.41, 5.74) is 0.568. The first-order valence-corrected chi connectivity index (χ1v) is 7.89. The molecule has 1 aromatic rings. The summed E-state index contributed by atoms with van der Waals surface area (Å²) in [6.07, 6.45) is 2.10. The fourth-order valence-electron chi connectivity index (χ4n) is 3.79. The molecule has 22 heavy (non-hydrogen) atoms. The zero-order valence-electron chi connectivity index (χ0n) is 12.8. The van der Waals surface area contributed by atoms with E-state index in [1.54, 1.807) is 24.3 Å². The highest BCUT2D eigenvalue weighted by Crippen LogP contribution is 2.36. The Bertz CT molecular complexity index is 505. The van der Waals surface area contributed by atoms with E-state index in [4.69, 9.17) is 4.74 Å². The summed E-state index contributed by atoms with van der Waals surface area (Å²) in [5, 5.41) is 19.1. The first-order chi connectivity index (χ1) is 10.6. The van der Waals surface area contributed by atoms with Crippen molar-refractivity contribution in [3.63, 3.8) is 0 Å². The highest BCUT2D eigenvalue weighted by atomic mass is 16.6. The summed E-state index contributed by atoms with van der Waals surface area (Å²) in [4.78, 5) is 14.8. The number of benzene rings is 1. The number of esters is 1. The molecule has 2 N–H and O–H groups in total. The quantitative estimate of drug-likeness (QED) is 0.647. The highest BCUT2D eigenvalue weighted by molar-refractivity contribution is 5.78. The van der Waals surface area contributed by atoms with E-state index >= 15 is 0 Å². The molecule has 0 amide bonds. The maximum atomic E-state index is 12.4. The van der Waals surface area contributed by atoms with Crippen LogP contribution in [0.15, 0.2) is 30.3 Å². The van der Waals surface area contributed by atoms with Crippen LogP contribution in [-0.4, -0.2) is 52.6 Å². The monoisotopic (exact) mass is 305 g/mol. The van der Waals surface area contributed by atoms with E-state index in [2.05, 4.69) is 11.9 Å². The lowest BCUT2D eigenvalue weighted by atomic mass is 9.97. The fourth-order valence-corrected chi connectivity index (χ4v) is 3.79. The average molecular weight is 305 g/mol. The Morgan fingerprint density at radius 3 is 2.32 bits per heavy atom. The topological polar surface area (TPSA) is 70.0 Å². The van der Waals surface area contributed by atoms with Gasteiger partial charge >= 0.3 is 5.97 Å². The molecule has 0 radical (unpaired) electrons. The van der Waals surface area contributed by atoms with Crippen LogP contribution in [0, 0.1) is 0 Å². The molecule has 0 saturated carbocycles. The maximum Gasteiger partial charge on any atom is 0.318 e. The number of hydrogen-bond acceptors (Lipinski definition) is 5. The van der Waals surface area contributed by atoms with Crippen molar-refractivity contribution in [2.45, 2.75) is 56.1 Å². The van der Waals surface area contributed by atoms with Gasteiger partial charge in [0.05, 0.1) is 0 Å². The van der Waals surface area contributed by atoms with Crippen molar-refractivity contribution in [2.75, 3.05) is 7.05 Å². The third kappa shape index (κ3) is 3.02. The number of hydrogen-bond donors (Lipinski definition) is 2. The lowest BCUT2D eigenvalue weighted by molar-refractivity contribution is -0.165. The highest BCUT2D eigenvalue weighted by Gasteiger charge is 2.41. The van der Waals surface area contributed by atoms with Crippen LogP contribution in [-0.2, 0) is 9.53 Å². The minimum Gasteiger partial charge on any atom is -0.462 e. The first-order valence-electron chi connectivity index (χ1n) is 7.89. The molecular weight excluding hydrogens is 282 g/mol. The standard InChI is InChI=1S/C17H23NO4/c1-18-12-7-8-13(18)10-14(9-12)22-17(21)15(16(19)20)11-5-3-2-4-6-11/h2-6,12-16,19-20H,7-10H2,1H3. The Hall–Kier alpha value is -1.43. The minimum absolute atomic E-state index is 0.119. The molecule has 3 unspecified atom stereocenters. The Balaban J connectivity index is 1.68. The van der Waals surface area contributed by atoms with Gasteiger partial charge < -0.3 is 19.8 Å². The number of carbonyl (C=O) groups is 1. The predicted molar refractivity (Wildman–Crippen MR) is 81.1 cm³/mol.